The van der Waals surface area contributed by atoms with Crippen molar-refractivity contribution in [2.75, 3.05) is 0 Å². The minimum absolute atomic E-state index is 0.00685. The molecule has 0 saturated heterocycles. The Morgan fingerprint density at radius 3 is 1.85 bits per heavy atom. The average molecular weight is 448 g/mol. The number of nitrogens with zero attached hydrogens (tertiary/aromatic N) is 2. The lowest BCUT2D eigenvalue weighted by atomic mass is 9.79. The molecule has 180 valence electrons. The van der Waals surface area contributed by atoms with Crippen molar-refractivity contribution in [1.29, 1.82) is 0 Å². The fraction of sp³-hybridized carbons (Fsp3) is 0.567. The molecule has 0 amide bonds. The largest absolute Gasteiger partial charge is 0.358 e. The Morgan fingerprint density at radius 1 is 0.818 bits per heavy atom. The van der Waals surface area contributed by atoms with Crippen molar-refractivity contribution in [3.05, 3.63) is 64.4 Å². The summed E-state index contributed by atoms with van der Waals surface area (Å²) in [5, 5.41) is 0. The number of aliphatic imine (C=N–C) groups is 1. The van der Waals surface area contributed by atoms with Crippen LogP contribution in [-0.2, 0) is 17.9 Å². The molecule has 0 bridgehead atoms. The van der Waals surface area contributed by atoms with Gasteiger partial charge in [0.15, 0.2) is 0 Å². The molecule has 0 radical (unpaired) electrons. The first-order valence-corrected chi connectivity index (χ1v) is 12.2. The Balaban J connectivity index is 2.50. The van der Waals surface area contributed by atoms with Crippen LogP contribution >= 0.6 is 0 Å². The lowest BCUT2D eigenvalue weighted by Crippen LogP contribution is -2.17. The van der Waals surface area contributed by atoms with Crippen molar-refractivity contribution in [1.82, 2.24) is 9.55 Å². The van der Waals surface area contributed by atoms with Crippen LogP contribution in [0.2, 0.25) is 0 Å². The van der Waals surface area contributed by atoms with Gasteiger partial charge in [0.1, 0.15) is 0 Å². The molecule has 3 heterocycles. The number of aryl methyl sites for hydroxylation is 1. The van der Waals surface area contributed by atoms with Crippen LogP contribution in [0.1, 0.15) is 106 Å². The number of rotatable bonds is 2. The van der Waals surface area contributed by atoms with Crippen molar-refractivity contribution >= 4 is 11.3 Å². The molecule has 3 nitrogen and oxygen atoms in total. The molecule has 2 aromatic heterocycles. The number of hydrogen-bond donors (Lipinski definition) is 1. The molecule has 0 fully saturated rings. The molecule has 0 spiro atoms. The van der Waals surface area contributed by atoms with Gasteiger partial charge >= 0.3 is 0 Å². The maximum atomic E-state index is 5.35. The molecule has 3 heteroatoms. The number of aromatic amines is 1. The van der Waals surface area contributed by atoms with Gasteiger partial charge < -0.3 is 9.55 Å². The van der Waals surface area contributed by atoms with E-state index < -0.39 is 0 Å². The molecule has 1 N–H and O–H groups in total. The molecular weight excluding hydrogens is 402 g/mol. The molecule has 0 saturated carbocycles. The van der Waals surface area contributed by atoms with E-state index in [0.717, 1.165) is 11.4 Å². The van der Waals surface area contributed by atoms with Crippen LogP contribution in [0.4, 0.5) is 0 Å². The normalized spacial score (nSPS) is 17.4. The first-order chi connectivity index (χ1) is 14.8. The monoisotopic (exact) mass is 447 g/mol. The van der Waals surface area contributed by atoms with Gasteiger partial charge in [-0.2, -0.15) is 0 Å². The fourth-order valence-corrected chi connectivity index (χ4v) is 4.30. The zero-order valence-electron chi connectivity index (χ0n) is 23.3. The van der Waals surface area contributed by atoms with E-state index in [0.29, 0.717) is 0 Å². The minimum atomic E-state index is -0.0242. The quantitative estimate of drug-likeness (QED) is 0.481. The van der Waals surface area contributed by atoms with Crippen molar-refractivity contribution in [2.24, 2.45) is 22.9 Å². The standard InChI is InChI=1S/C30H45N3/c1-27(2,3)19-17-22(29(7,8)9)31-25(19)24(21-15-14-16-33(21)13)26-20(28(4,5)6)18-23(32-26)30(10,11)12/h14-18,31H,1-13H3/b26-24-. The number of hydrogen-bond acceptors (Lipinski definition) is 1. The molecule has 0 unspecified atom stereocenters. The van der Waals surface area contributed by atoms with Crippen LogP contribution in [-0.4, -0.2) is 15.3 Å². The van der Waals surface area contributed by atoms with E-state index in [2.05, 4.69) is 130 Å². The van der Waals surface area contributed by atoms with Crippen LogP contribution in [0.5, 0.6) is 0 Å². The zero-order chi connectivity index (χ0) is 25.1. The summed E-state index contributed by atoms with van der Waals surface area (Å²) in [6.07, 6.45) is 4.47. The van der Waals surface area contributed by atoms with Gasteiger partial charge in [0, 0.05) is 41.1 Å². The first-order valence-electron chi connectivity index (χ1n) is 12.2. The van der Waals surface area contributed by atoms with E-state index in [1.54, 1.807) is 0 Å². The third-order valence-electron chi connectivity index (χ3n) is 6.47. The fourth-order valence-electron chi connectivity index (χ4n) is 4.30. The predicted molar refractivity (Wildman–Crippen MR) is 144 cm³/mol. The van der Waals surface area contributed by atoms with Crippen LogP contribution in [0.15, 0.2) is 46.7 Å². The topological polar surface area (TPSA) is 33.1 Å². The van der Waals surface area contributed by atoms with Crippen LogP contribution in [0, 0.1) is 10.8 Å². The molecule has 3 rings (SSSR count). The highest BCUT2D eigenvalue weighted by atomic mass is 14.9. The third-order valence-corrected chi connectivity index (χ3v) is 6.47. The van der Waals surface area contributed by atoms with Gasteiger partial charge in [-0.1, -0.05) is 83.1 Å². The van der Waals surface area contributed by atoms with E-state index in [-0.39, 0.29) is 21.7 Å². The molecule has 2 aromatic rings. The summed E-state index contributed by atoms with van der Waals surface area (Å²) < 4.78 is 2.22. The van der Waals surface area contributed by atoms with Gasteiger partial charge in [0.2, 0.25) is 0 Å². The Labute approximate surface area is 202 Å². The van der Waals surface area contributed by atoms with Gasteiger partial charge in [-0.05, 0) is 46.2 Å². The summed E-state index contributed by atoms with van der Waals surface area (Å²) in [5.41, 5.74) is 9.70. The molecule has 33 heavy (non-hydrogen) atoms. The van der Waals surface area contributed by atoms with Crippen LogP contribution < -0.4 is 0 Å². The molecular formula is C30H45N3. The van der Waals surface area contributed by atoms with Crippen molar-refractivity contribution < 1.29 is 0 Å². The first kappa shape index (κ1) is 25.3. The Kier molecular flexibility index (Phi) is 6.06. The Morgan fingerprint density at radius 2 is 1.42 bits per heavy atom. The summed E-state index contributed by atoms with van der Waals surface area (Å²) in [5.74, 6) is 0. The van der Waals surface area contributed by atoms with Crippen LogP contribution in [0.3, 0.4) is 0 Å². The predicted octanol–water partition coefficient (Wildman–Crippen LogP) is 8.18. The highest BCUT2D eigenvalue weighted by Crippen LogP contribution is 2.45. The number of aromatic nitrogens is 2. The second kappa shape index (κ2) is 7.89. The minimum Gasteiger partial charge on any atom is -0.358 e. The van der Waals surface area contributed by atoms with Gasteiger partial charge in [-0.25, -0.2) is 0 Å². The highest BCUT2D eigenvalue weighted by Gasteiger charge is 2.35. The second-order valence-electron chi connectivity index (χ2n) is 13.8. The smallest absolute Gasteiger partial charge is 0.0785 e. The van der Waals surface area contributed by atoms with Crippen molar-refractivity contribution in [3.63, 3.8) is 0 Å². The van der Waals surface area contributed by atoms with Crippen molar-refractivity contribution in [2.45, 2.75) is 93.9 Å². The molecule has 0 aliphatic carbocycles. The van der Waals surface area contributed by atoms with E-state index >= 15 is 0 Å². The van der Waals surface area contributed by atoms with Crippen LogP contribution in [0.25, 0.3) is 5.57 Å². The Bertz CT molecular complexity index is 1130. The number of allylic oxidation sites excluding steroid dienone is 2. The zero-order valence-corrected chi connectivity index (χ0v) is 23.3. The number of H-pyrrole nitrogens is 1. The summed E-state index contributed by atoms with van der Waals surface area (Å²) in [6, 6.07) is 6.73. The average Bonchev–Trinajstić information content (AvgIpc) is 3.32. The highest BCUT2D eigenvalue weighted by molar-refractivity contribution is 6.05. The SMILES string of the molecule is Cn1cccc1/C(=C1/N=C(C(C)(C)C)C=C1C(C)(C)C)c1[nH]c(C(C)(C)C)cc1C(C)(C)C. The van der Waals surface area contributed by atoms with Gasteiger partial charge in [-0.15, -0.1) is 0 Å². The van der Waals surface area contributed by atoms with E-state index in [1.165, 1.54) is 33.8 Å². The van der Waals surface area contributed by atoms with E-state index in [4.69, 9.17) is 4.99 Å². The summed E-state index contributed by atoms with van der Waals surface area (Å²) >= 11 is 0. The van der Waals surface area contributed by atoms with E-state index in [1.807, 2.05) is 0 Å². The Hall–Kier alpha value is -2.29. The van der Waals surface area contributed by atoms with Gasteiger partial charge in [-0.3, -0.25) is 4.99 Å². The summed E-state index contributed by atoms with van der Waals surface area (Å²) in [4.78, 5) is 9.22. The molecule has 1 aliphatic rings. The second-order valence-corrected chi connectivity index (χ2v) is 13.8. The molecule has 0 aromatic carbocycles. The summed E-state index contributed by atoms with van der Waals surface area (Å²) in [7, 11) is 2.13. The van der Waals surface area contributed by atoms with E-state index in [9.17, 15) is 0 Å². The van der Waals surface area contributed by atoms with Gasteiger partial charge in [0.05, 0.1) is 17.1 Å². The summed E-state index contributed by atoms with van der Waals surface area (Å²) in [6.45, 7) is 27.4. The molecule has 0 atom stereocenters. The lowest BCUT2D eigenvalue weighted by molar-refractivity contribution is 0.512. The lowest BCUT2D eigenvalue weighted by Gasteiger charge is -2.25. The maximum Gasteiger partial charge on any atom is 0.0785 e. The maximum absolute atomic E-state index is 5.35. The van der Waals surface area contributed by atoms with Gasteiger partial charge in [0.25, 0.3) is 0 Å². The van der Waals surface area contributed by atoms with Crippen molar-refractivity contribution in [3.8, 4) is 0 Å². The number of nitrogens with one attached hydrogen (secondary N) is 1. The third kappa shape index (κ3) is 4.98. The molecule has 1 aliphatic heterocycles.